The van der Waals surface area contributed by atoms with Gasteiger partial charge in [-0.2, -0.15) is 0 Å². The van der Waals surface area contributed by atoms with E-state index in [-0.39, 0.29) is 28.5 Å². The molecule has 0 amide bonds. The van der Waals surface area contributed by atoms with Crippen LogP contribution in [-0.2, 0) is 16.6 Å². The summed E-state index contributed by atoms with van der Waals surface area (Å²) < 4.78 is 71.2. The smallest absolute Gasteiger partial charge is 0.493 e. The molecule has 9 nitrogen and oxygen atoms in total. The fraction of sp³-hybridized carbons (Fsp3) is 0.130. The zero-order valence-electron chi connectivity index (χ0n) is 18.6. The molecule has 0 spiro atoms. The predicted octanol–water partition coefficient (Wildman–Crippen LogP) is 3.80. The van der Waals surface area contributed by atoms with Crippen LogP contribution in [0.4, 0.5) is 18.9 Å². The van der Waals surface area contributed by atoms with Gasteiger partial charge >= 0.3 is 12.1 Å². The van der Waals surface area contributed by atoms with E-state index in [0.717, 1.165) is 16.7 Å². The number of pyridine rings is 1. The molecule has 2 heterocycles. The van der Waals surface area contributed by atoms with E-state index in [1.54, 1.807) is 18.2 Å². The Kier molecular flexibility index (Phi) is 6.50. The zero-order valence-corrected chi connectivity index (χ0v) is 19.4. The average Bonchev–Trinajstić information content (AvgIpc) is 3.03. The van der Waals surface area contributed by atoms with Crippen molar-refractivity contribution in [2.45, 2.75) is 24.7 Å². The lowest BCUT2D eigenvalue weighted by molar-refractivity contribution is -0.274. The molecule has 2 aromatic carbocycles. The van der Waals surface area contributed by atoms with Crippen LogP contribution in [0.15, 0.2) is 82.7 Å². The van der Waals surface area contributed by atoms with E-state index in [1.807, 2.05) is 0 Å². The summed E-state index contributed by atoms with van der Waals surface area (Å²) in [5.41, 5.74) is 0.0930. The minimum absolute atomic E-state index is 0.0369. The Balaban J connectivity index is 1.66. The zero-order chi connectivity index (χ0) is 26.1. The molecule has 0 aliphatic carbocycles. The summed E-state index contributed by atoms with van der Waals surface area (Å²) in [7, 11) is -3.94. The van der Waals surface area contributed by atoms with Crippen molar-refractivity contribution in [1.82, 2.24) is 14.1 Å². The van der Waals surface area contributed by atoms with Gasteiger partial charge in [-0.15, -0.1) is 13.2 Å². The lowest BCUT2D eigenvalue weighted by Gasteiger charge is -2.13. The van der Waals surface area contributed by atoms with E-state index >= 15 is 0 Å². The monoisotopic (exact) mass is 520 g/mol. The van der Waals surface area contributed by atoms with Gasteiger partial charge in [-0.3, -0.25) is 14.3 Å². The third kappa shape index (κ3) is 5.20. The molecule has 4 aromatic rings. The van der Waals surface area contributed by atoms with Gasteiger partial charge in [-0.05, 0) is 55.0 Å². The van der Waals surface area contributed by atoms with E-state index < -0.39 is 33.7 Å². The Labute approximate surface area is 203 Å². The molecule has 13 heteroatoms. The van der Waals surface area contributed by atoms with Crippen LogP contribution in [0, 0.1) is 6.92 Å². The Morgan fingerprint density at radius 3 is 2.36 bits per heavy atom. The molecule has 0 saturated heterocycles. The molecule has 0 saturated carbocycles. The molecule has 36 heavy (non-hydrogen) atoms. The van der Waals surface area contributed by atoms with Gasteiger partial charge in [0, 0.05) is 6.20 Å². The lowest BCUT2D eigenvalue weighted by Crippen LogP contribution is -2.25. The van der Waals surface area contributed by atoms with E-state index in [0.29, 0.717) is 5.56 Å². The van der Waals surface area contributed by atoms with Crippen LogP contribution in [0.3, 0.4) is 0 Å². The van der Waals surface area contributed by atoms with Gasteiger partial charge in [0.15, 0.2) is 0 Å². The van der Waals surface area contributed by atoms with Gasteiger partial charge < -0.3 is 9.84 Å². The number of imidazole rings is 1. The minimum atomic E-state index is -4.87. The van der Waals surface area contributed by atoms with Crippen molar-refractivity contribution in [3.05, 3.63) is 94.8 Å². The molecule has 2 aromatic heterocycles. The van der Waals surface area contributed by atoms with Crippen molar-refractivity contribution < 1.29 is 31.4 Å². The average molecular weight is 520 g/mol. The van der Waals surface area contributed by atoms with Crippen molar-refractivity contribution in [3.8, 4) is 17.3 Å². The second-order valence-corrected chi connectivity index (χ2v) is 9.29. The predicted molar refractivity (Wildman–Crippen MR) is 124 cm³/mol. The second kappa shape index (κ2) is 9.41. The maximum absolute atomic E-state index is 13.1. The number of aromatic nitrogens is 3. The standard InChI is InChI=1S/C23H19F3N4O5S/c1-15-21(31)30(17-7-9-18(10-8-17)35-23(24,25)26)22(32)29(15)14-16-11-12-27-13-20(16)28-36(33,34)19-5-3-2-4-6-19/h2-13,28,31H,14H2,1H3. The number of halogens is 3. The molecule has 0 aliphatic heterocycles. The van der Waals surface area contributed by atoms with Crippen LogP contribution >= 0.6 is 0 Å². The highest BCUT2D eigenvalue weighted by atomic mass is 32.2. The fourth-order valence-corrected chi connectivity index (χ4v) is 4.59. The Morgan fingerprint density at radius 2 is 1.72 bits per heavy atom. The van der Waals surface area contributed by atoms with Gasteiger partial charge in [0.05, 0.1) is 34.7 Å². The summed E-state index contributed by atoms with van der Waals surface area (Å²) >= 11 is 0. The second-order valence-electron chi connectivity index (χ2n) is 7.61. The molecule has 0 aliphatic rings. The first-order valence-electron chi connectivity index (χ1n) is 10.3. The Morgan fingerprint density at radius 1 is 1.06 bits per heavy atom. The minimum Gasteiger partial charge on any atom is -0.493 e. The summed E-state index contributed by atoms with van der Waals surface area (Å²) in [6.07, 6.45) is -2.15. The van der Waals surface area contributed by atoms with Crippen molar-refractivity contribution in [2.24, 2.45) is 0 Å². The third-order valence-corrected chi connectivity index (χ3v) is 6.61. The SMILES string of the molecule is Cc1c(O)n(-c2ccc(OC(F)(F)F)cc2)c(=O)n1Cc1ccncc1NS(=O)(=O)c1ccccc1. The molecule has 2 N–H and O–H groups in total. The van der Waals surface area contributed by atoms with E-state index in [1.165, 1.54) is 54.2 Å². The number of alkyl halides is 3. The summed E-state index contributed by atoms with van der Waals surface area (Å²) in [6, 6.07) is 13.6. The van der Waals surface area contributed by atoms with Gasteiger partial charge in [0.2, 0.25) is 5.88 Å². The van der Waals surface area contributed by atoms with Gasteiger partial charge in [0.25, 0.3) is 10.0 Å². The summed E-state index contributed by atoms with van der Waals surface area (Å²) in [4.78, 5) is 17.1. The van der Waals surface area contributed by atoms with Gasteiger partial charge in [-0.1, -0.05) is 18.2 Å². The Hall–Kier alpha value is -4.26. The molecular formula is C23H19F3N4O5S. The van der Waals surface area contributed by atoms with Crippen LogP contribution in [-0.4, -0.2) is 34.0 Å². The molecular weight excluding hydrogens is 501 g/mol. The van der Waals surface area contributed by atoms with Crippen molar-refractivity contribution in [2.75, 3.05) is 4.72 Å². The number of aromatic hydroxyl groups is 1. The first-order chi connectivity index (χ1) is 17.0. The number of hydrogen-bond acceptors (Lipinski definition) is 6. The first kappa shape index (κ1) is 24.9. The topological polar surface area (TPSA) is 115 Å². The first-order valence-corrected chi connectivity index (χ1v) is 11.8. The molecule has 0 atom stereocenters. The fourth-order valence-electron chi connectivity index (χ4n) is 3.48. The number of hydrogen-bond donors (Lipinski definition) is 2. The number of sulfonamides is 1. The molecule has 0 unspecified atom stereocenters. The van der Waals surface area contributed by atoms with Gasteiger partial charge in [0.1, 0.15) is 5.75 Å². The number of anilines is 1. The summed E-state index contributed by atoms with van der Waals surface area (Å²) in [5, 5.41) is 10.6. The van der Waals surface area contributed by atoms with Crippen LogP contribution in [0.5, 0.6) is 11.6 Å². The van der Waals surface area contributed by atoms with E-state index in [9.17, 15) is 31.5 Å². The molecule has 0 radical (unpaired) electrons. The van der Waals surface area contributed by atoms with Crippen LogP contribution in [0.1, 0.15) is 11.3 Å². The molecule has 4 rings (SSSR count). The maximum atomic E-state index is 13.1. The number of benzene rings is 2. The van der Waals surface area contributed by atoms with Crippen molar-refractivity contribution in [3.63, 3.8) is 0 Å². The summed E-state index contributed by atoms with van der Waals surface area (Å²) in [5.74, 6) is -0.910. The van der Waals surface area contributed by atoms with E-state index in [2.05, 4.69) is 14.4 Å². The quantitative estimate of drug-likeness (QED) is 0.383. The van der Waals surface area contributed by atoms with Crippen LogP contribution in [0.2, 0.25) is 0 Å². The Bertz CT molecular complexity index is 1550. The summed E-state index contributed by atoms with van der Waals surface area (Å²) in [6.45, 7) is 1.35. The number of rotatable bonds is 7. The number of nitrogens with one attached hydrogen (secondary N) is 1. The van der Waals surface area contributed by atoms with Crippen LogP contribution < -0.4 is 15.1 Å². The highest BCUT2D eigenvalue weighted by Crippen LogP contribution is 2.27. The highest BCUT2D eigenvalue weighted by molar-refractivity contribution is 7.92. The van der Waals surface area contributed by atoms with E-state index in [4.69, 9.17) is 0 Å². The largest absolute Gasteiger partial charge is 0.573 e. The lowest BCUT2D eigenvalue weighted by atomic mass is 10.2. The highest BCUT2D eigenvalue weighted by Gasteiger charge is 2.31. The molecule has 0 fully saturated rings. The van der Waals surface area contributed by atoms with Crippen molar-refractivity contribution >= 4 is 15.7 Å². The maximum Gasteiger partial charge on any atom is 0.573 e. The third-order valence-electron chi connectivity index (χ3n) is 5.23. The van der Waals surface area contributed by atoms with Crippen LogP contribution in [0.25, 0.3) is 5.69 Å². The van der Waals surface area contributed by atoms with Crippen molar-refractivity contribution in [1.29, 1.82) is 0 Å². The molecule has 0 bridgehead atoms. The number of nitrogens with zero attached hydrogens (tertiary/aromatic N) is 3. The van der Waals surface area contributed by atoms with Gasteiger partial charge in [-0.25, -0.2) is 17.8 Å². The number of ether oxygens (including phenoxy) is 1. The normalized spacial score (nSPS) is 11.9. The molecule has 188 valence electrons.